The minimum atomic E-state index is -0.326. The van der Waals surface area contributed by atoms with Crippen LogP contribution in [0.3, 0.4) is 0 Å². The molecule has 0 atom stereocenters. The van der Waals surface area contributed by atoms with Gasteiger partial charge < -0.3 is 5.32 Å². The number of carbonyl (C=O) groups excluding carboxylic acids is 1. The summed E-state index contributed by atoms with van der Waals surface area (Å²) in [5, 5.41) is 9.21. The molecule has 2 N–H and O–H groups in total. The third-order valence-corrected chi connectivity index (χ3v) is 3.93. The van der Waals surface area contributed by atoms with Gasteiger partial charge in [-0.2, -0.15) is 0 Å². The minimum Gasteiger partial charge on any atom is -0.351 e. The fourth-order valence-electron chi connectivity index (χ4n) is 1.59. The number of nitrogens with zero attached hydrogens (tertiary/aromatic N) is 2. The molecule has 0 saturated heterocycles. The third-order valence-electron chi connectivity index (χ3n) is 2.90. The quantitative estimate of drug-likeness (QED) is 0.806. The van der Waals surface area contributed by atoms with E-state index >= 15 is 0 Å². The first-order chi connectivity index (χ1) is 9.97. The number of aromatic amines is 1. The summed E-state index contributed by atoms with van der Waals surface area (Å²) in [4.78, 5) is 22.9. The maximum absolute atomic E-state index is 13.4. The molecule has 0 fully saturated rings. The number of nitrogens with one attached hydrogen (secondary N) is 2. The van der Waals surface area contributed by atoms with Crippen molar-refractivity contribution in [3.8, 4) is 0 Å². The second-order valence-electron chi connectivity index (χ2n) is 4.52. The van der Waals surface area contributed by atoms with E-state index in [1.165, 1.54) is 10.6 Å². The molecule has 0 spiro atoms. The van der Waals surface area contributed by atoms with E-state index in [1.807, 2.05) is 0 Å². The summed E-state index contributed by atoms with van der Waals surface area (Å²) in [5.74, 6) is -0.369. The van der Waals surface area contributed by atoms with Gasteiger partial charge in [0.25, 0.3) is 0 Å². The van der Waals surface area contributed by atoms with Gasteiger partial charge in [0.15, 0.2) is 5.16 Å². The van der Waals surface area contributed by atoms with Gasteiger partial charge in [0.2, 0.25) is 5.91 Å². The number of aryl methyl sites for hydroxylation is 1. The molecule has 0 aliphatic carbocycles. The van der Waals surface area contributed by atoms with Crippen molar-refractivity contribution in [2.45, 2.75) is 18.6 Å². The lowest BCUT2D eigenvalue weighted by molar-refractivity contribution is -0.118. The summed E-state index contributed by atoms with van der Waals surface area (Å²) in [7, 11) is 1.57. The van der Waals surface area contributed by atoms with Gasteiger partial charge >= 0.3 is 5.69 Å². The van der Waals surface area contributed by atoms with E-state index in [0.717, 1.165) is 11.8 Å². The van der Waals surface area contributed by atoms with Crippen molar-refractivity contribution in [1.29, 1.82) is 0 Å². The van der Waals surface area contributed by atoms with Crippen LogP contribution in [-0.4, -0.2) is 26.4 Å². The predicted molar refractivity (Wildman–Crippen MR) is 77.5 cm³/mol. The maximum atomic E-state index is 13.4. The van der Waals surface area contributed by atoms with Crippen LogP contribution in [0.15, 0.2) is 28.2 Å². The summed E-state index contributed by atoms with van der Waals surface area (Å²) < 4.78 is 14.7. The SMILES string of the molecule is Cc1ccc(CNC(=O)CSc2n[nH]c(=O)n2C)cc1F. The number of hydrogen-bond acceptors (Lipinski definition) is 4. The zero-order chi connectivity index (χ0) is 15.4. The molecular weight excluding hydrogens is 295 g/mol. The van der Waals surface area contributed by atoms with Gasteiger partial charge in [0.1, 0.15) is 5.82 Å². The third kappa shape index (κ3) is 3.94. The van der Waals surface area contributed by atoms with Crippen LogP contribution >= 0.6 is 11.8 Å². The largest absolute Gasteiger partial charge is 0.351 e. The van der Waals surface area contributed by atoms with E-state index in [2.05, 4.69) is 15.5 Å². The van der Waals surface area contributed by atoms with Crippen LogP contribution in [0.1, 0.15) is 11.1 Å². The molecule has 0 saturated carbocycles. The first-order valence-corrected chi connectivity index (χ1v) is 7.22. The number of rotatable bonds is 5. The summed E-state index contributed by atoms with van der Waals surface area (Å²) in [5.41, 5.74) is 0.941. The molecule has 0 aliphatic rings. The van der Waals surface area contributed by atoms with Gasteiger partial charge in [-0.25, -0.2) is 14.3 Å². The van der Waals surface area contributed by atoms with Gasteiger partial charge in [0, 0.05) is 13.6 Å². The van der Waals surface area contributed by atoms with Crippen LogP contribution in [0, 0.1) is 12.7 Å². The van der Waals surface area contributed by atoms with Gasteiger partial charge in [-0.05, 0) is 24.1 Å². The van der Waals surface area contributed by atoms with E-state index < -0.39 is 0 Å². The number of benzene rings is 1. The van der Waals surface area contributed by atoms with Crippen LogP contribution in [0.2, 0.25) is 0 Å². The topological polar surface area (TPSA) is 79.8 Å². The van der Waals surface area contributed by atoms with Crippen molar-refractivity contribution in [2.75, 3.05) is 5.75 Å². The van der Waals surface area contributed by atoms with Crippen LogP contribution in [-0.2, 0) is 18.4 Å². The molecule has 0 bridgehead atoms. The Morgan fingerprint density at radius 1 is 1.52 bits per heavy atom. The van der Waals surface area contributed by atoms with Crippen molar-refractivity contribution < 1.29 is 9.18 Å². The van der Waals surface area contributed by atoms with E-state index in [1.54, 1.807) is 26.1 Å². The molecule has 0 aliphatic heterocycles. The highest BCUT2D eigenvalue weighted by Crippen LogP contribution is 2.12. The van der Waals surface area contributed by atoms with E-state index in [0.29, 0.717) is 16.3 Å². The van der Waals surface area contributed by atoms with E-state index in [-0.39, 0.29) is 29.7 Å². The Kier molecular flexibility index (Phi) is 4.79. The van der Waals surface area contributed by atoms with Crippen molar-refractivity contribution >= 4 is 17.7 Å². The second-order valence-corrected chi connectivity index (χ2v) is 5.46. The van der Waals surface area contributed by atoms with Crippen molar-refractivity contribution in [3.05, 3.63) is 45.6 Å². The number of thioether (sulfide) groups is 1. The summed E-state index contributed by atoms with van der Waals surface area (Å²) in [6, 6.07) is 4.84. The van der Waals surface area contributed by atoms with Gasteiger partial charge in [-0.1, -0.05) is 23.9 Å². The Balaban J connectivity index is 1.83. The monoisotopic (exact) mass is 310 g/mol. The average molecular weight is 310 g/mol. The van der Waals surface area contributed by atoms with Crippen LogP contribution < -0.4 is 11.0 Å². The highest BCUT2D eigenvalue weighted by atomic mass is 32.2. The number of amides is 1. The highest BCUT2D eigenvalue weighted by Gasteiger charge is 2.08. The Morgan fingerprint density at radius 3 is 2.90 bits per heavy atom. The number of halogens is 1. The molecule has 21 heavy (non-hydrogen) atoms. The molecule has 0 radical (unpaired) electrons. The molecule has 1 aromatic carbocycles. The molecular formula is C13H15FN4O2S. The lowest BCUT2D eigenvalue weighted by Gasteiger charge is -2.06. The average Bonchev–Trinajstić information content (AvgIpc) is 2.78. The zero-order valence-corrected chi connectivity index (χ0v) is 12.5. The molecule has 112 valence electrons. The highest BCUT2D eigenvalue weighted by molar-refractivity contribution is 7.99. The smallest absolute Gasteiger partial charge is 0.343 e. The fourth-order valence-corrected chi connectivity index (χ4v) is 2.34. The van der Waals surface area contributed by atoms with E-state index in [9.17, 15) is 14.0 Å². The molecule has 2 aromatic rings. The van der Waals surface area contributed by atoms with Crippen LogP contribution in [0.25, 0.3) is 0 Å². The van der Waals surface area contributed by atoms with Crippen molar-refractivity contribution in [1.82, 2.24) is 20.1 Å². The fraction of sp³-hybridized carbons (Fsp3) is 0.308. The summed E-state index contributed by atoms with van der Waals surface area (Å²) in [6.45, 7) is 1.94. The van der Waals surface area contributed by atoms with Crippen LogP contribution in [0.4, 0.5) is 4.39 Å². The lowest BCUT2D eigenvalue weighted by atomic mass is 10.1. The van der Waals surface area contributed by atoms with Gasteiger partial charge in [0.05, 0.1) is 5.75 Å². The molecule has 1 heterocycles. The maximum Gasteiger partial charge on any atom is 0.343 e. The molecule has 1 amide bonds. The summed E-state index contributed by atoms with van der Waals surface area (Å²) in [6.07, 6.45) is 0. The Morgan fingerprint density at radius 2 is 2.29 bits per heavy atom. The van der Waals surface area contributed by atoms with Gasteiger partial charge in [-0.15, -0.1) is 5.10 Å². The Hall–Kier alpha value is -2.09. The molecule has 1 aromatic heterocycles. The number of carbonyl (C=O) groups is 1. The first-order valence-electron chi connectivity index (χ1n) is 6.23. The Bertz CT molecular complexity index is 710. The van der Waals surface area contributed by atoms with E-state index in [4.69, 9.17) is 0 Å². The molecule has 6 nitrogen and oxygen atoms in total. The molecule has 2 rings (SSSR count). The van der Waals surface area contributed by atoms with Crippen LogP contribution in [0.5, 0.6) is 0 Å². The first kappa shape index (κ1) is 15.3. The minimum absolute atomic E-state index is 0.131. The Labute approximate surface area is 124 Å². The number of H-pyrrole nitrogens is 1. The van der Waals surface area contributed by atoms with Crippen molar-refractivity contribution in [2.24, 2.45) is 7.05 Å². The molecule has 8 heteroatoms. The zero-order valence-electron chi connectivity index (χ0n) is 11.6. The lowest BCUT2D eigenvalue weighted by Crippen LogP contribution is -2.25. The number of hydrogen-bond donors (Lipinski definition) is 2. The van der Waals surface area contributed by atoms with Crippen molar-refractivity contribution in [3.63, 3.8) is 0 Å². The van der Waals surface area contributed by atoms with Gasteiger partial charge in [-0.3, -0.25) is 9.36 Å². The number of aromatic nitrogens is 3. The predicted octanol–water partition coefficient (Wildman–Crippen LogP) is 0.964. The normalized spacial score (nSPS) is 10.6. The molecule has 0 unspecified atom stereocenters. The second kappa shape index (κ2) is 6.57. The summed E-state index contributed by atoms with van der Waals surface area (Å²) >= 11 is 1.15. The standard InChI is InChI=1S/C13H15FN4O2S/c1-8-3-4-9(5-10(8)14)6-15-11(19)7-21-13-17-16-12(20)18(13)2/h3-5H,6-7H2,1-2H3,(H,15,19)(H,16,20).